The van der Waals surface area contributed by atoms with E-state index < -0.39 is 5.97 Å². The number of benzene rings is 2. The zero-order chi connectivity index (χ0) is 20.4. The number of carbonyl (C=O) groups excluding carboxylic acids is 2. The number of hydrogen-bond donors (Lipinski definition) is 0. The third-order valence-electron chi connectivity index (χ3n) is 4.55. The first-order valence-electron chi connectivity index (χ1n) is 8.91. The predicted molar refractivity (Wildman–Crippen MR) is 106 cm³/mol. The van der Waals surface area contributed by atoms with E-state index in [0.29, 0.717) is 33.9 Å². The SMILES string of the molecule is COc1cccc(/C=C2\Oc3c(ccc(OC(=O)c4ccncc4)c3C)C2=O)c1. The lowest BCUT2D eigenvalue weighted by molar-refractivity contribution is 0.0733. The number of aromatic nitrogens is 1. The number of hydrogen-bond acceptors (Lipinski definition) is 6. The zero-order valence-corrected chi connectivity index (χ0v) is 15.8. The van der Waals surface area contributed by atoms with Gasteiger partial charge in [0.1, 0.15) is 17.2 Å². The van der Waals surface area contributed by atoms with Crippen molar-refractivity contribution in [2.75, 3.05) is 7.11 Å². The molecule has 3 aromatic rings. The van der Waals surface area contributed by atoms with Gasteiger partial charge in [0.25, 0.3) is 0 Å². The average molecular weight is 387 g/mol. The van der Waals surface area contributed by atoms with Crippen molar-refractivity contribution in [2.45, 2.75) is 6.92 Å². The third kappa shape index (κ3) is 3.60. The van der Waals surface area contributed by atoms with Crippen molar-refractivity contribution in [2.24, 2.45) is 0 Å². The van der Waals surface area contributed by atoms with E-state index in [9.17, 15) is 9.59 Å². The summed E-state index contributed by atoms with van der Waals surface area (Å²) in [6.07, 6.45) is 4.69. The van der Waals surface area contributed by atoms with Gasteiger partial charge in [0, 0.05) is 18.0 Å². The zero-order valence-electron chi connectivity index (χ0n) is 15.8. The van der Waals surface area contributed by atoms with Crippen LogP contribution in [-0.4, -0.2) is 23.8 Å². The first-order valence-corrected chi connectivity index (χ1v) is 8.91. The Labute approximate surface area is 167 Å². The number of allylic oxidation sites excluding steroid dienone is 1. The number of ether oxygens (including phenoxy) is 3. The molecule has 0 amide bonds. The molecule has 0 radical (unpaired) electrons. The van der Waals surface area contributed by atoms with Crippen LogP contribution in [0.25, 0.3) is 6.08 Å². The van der Waals surface area contributed by atoms with Gasteiger partial charge in [-0.15, -0.1) is 0 Å². The summed E-state index contributed by atoms with van der Waals surface area (Å²) in [6.45, 7) is 1.75. The third-order valence-corrected chi connectivity index (χ3v) is 4.55. The maximum absolute atomic E-state index is 12.7. The molecule has 2 heterocycles. The molecule has 0 spiro atoms. The molecule has 29 heavy (non-hydrogen) atoms. The van der Waals surface area contributed by atoms with E-state index in [2.05, 4.69) is 4.98 Å². The number of esters is 1. The van der Waals surface area contributed by atoms with Gasteiger partial charge in [-0.2, -0.15) is 0 Å². The Kier molecular flexibility index (Phi) is 4.83. The molecule has 0 N–H and O–H groups in total. The summed E-state index contributed by atoms with van der Waals surface area (Å²) >= 11 is 0. The van der Waals surface area contributed by atoms with Gasteiger partial charge in [-0.25, -0.2) is 4.79 Å². The molecule has 144 valence electrons. The fraction of sp³-hybridized carbons (Fsp3) is 0.0870. The Bertz CT molecular complexity index is 1140. The Morgan fingerprint density at radius 3 is 2.66 bits per heavy atom. The van der Waals surface area contributed by atoms with E-state index in [4.69, 9.17) is 14.2 Å². The second-order valence-corrected chi connectivity index (χ2v) is 6.41. The number of Topliss-reactive ketones (excluding diaryl/α,β-unsaturated/α-hetero) is 1. The van der Waals surface area contributed by atoms with E-state index in [1.165, 1.54) is 12.4 Å². The molecular formula is C23H17NO5. The van der Waals surface area contributed by atoms with Crippen LogP contribution in [0.1, 0.15) is 31.8 Å². The van der Waals surface area contributed by atoms with Crippen molar-refractivity contribution in [3.63, 3.8) is 0 Å². The fourth-order valence-corrected chi connectivity index (χ4v) is 3.01. The van der Waals surface area contributed by atoms with Crippen LogP contribution in [0.5, 0.6) is 17.2 Å². The van der Waals surface area contributed by atoms with E-state index in [0.717, 1.165) is 5.56 Å². The minimum absolute atomic E-state index is 0.203. The van der Waals surface area contributed by atoms with Crippen molar-refractivity contribution >= 4 is 17.8 Å². The molecule has 6 nitrogen and oxygen atoms in total. The molecule has 1 aliphatic rings. The maximum Gasteiger partial charge on any atom is 0.343 e. The molecule has 0 saturated carbocycles. The van der Waals surface area contributed by atoms with Crippen molar-refractivity contribution in [3.8, 4) is 17.2 Å². The van der Waals surface area contributed by atoms with Crippen molar-refractivity contribution in [1.82, 2.24) is 4.98 Å². The van der Waals surface area contributed by atoms with Gasteiger partial charge < -0.3 is 14.2 Å². The maximum atomic E-state index is 12.7. The normalized spacial score (nSPS) is 13.7. The van der Waals surface area contributed by atoms with Gasteiger partial charge in [0.05, 0.1) is 18.2 Å². The number of methoxy groups -OCH3 is 1. The molecule has 0 saturated heterocycles. The van der Waals surface area contributed by atoms with E-state index in [-0.39, 0.29) is 11.5 Å². The highest BCUT2D eigenvalue weighted by molar-refractivity contribution is 6.15. The van der Waals surface area contributed by atoms with E-state index in [1.54, 1.807) is 50.4 Å². The average Bonchev–Trinajstić information content (AvgIpc) is 3.07. The van der Waals surface area contributed by atoms with Crippen LogP contribution in [0.15, 0.2) is 66.7 Å². The molecule has 4 rings (SSSR count). The van der Waals surface area contributed by atoms with Gasteiger partial charge >= 0.3 is 5.97 Å². The summed E-state index contributed by atoms with van der Waals surface area (Å²) < 4.78 is 16.5. The molecule has 0 atom stereocenters. The number of rotatable bonds is 4. The van der Waals surface area contributed by atoms with E-state index in [1.807, 2.05) is 18.2 Å². The van der Waals surface area contributed by atoms with Crippen LogP contribution in [0.4, 0.5) is 0 Å². The molecule has 6 heteroatoms. The lowest BCUT2D eigenvalue weighted by Gasteiger charge is -2.10. The van der Waals surface area contributed by atoms with Crippen molar-refractivity contribution in [3.05, 3.63) is 88.9 Å². The topological polar surface area (TPSA) is 74.7 Å². The predicted octanol–water partition coefficient (Wildman–Crippen LogP) is 4.23. The quantitative estimate of drug-likeness (QED) is 0.379. The smallest absolute Gasteiger partial charge is 0.343 e. The summed E-state index contributed by atoms with van der Waals surface area (Å²) in [7, 11) is 1.58. The second-order valence-electron chi connectivity index (χ2n) is 6.41. The van der Waals surface area contributed by atoms with Crippen molar-refractivity contribution < 1.29 is 23.8 Å². The molecule has 0 bridgehead atoms. The summed E-state index contributed by atoms with van der Waals surface area (Å²) in [5.41, 5.74) is 2.17. The Morgan fingerprint density at radius 2 is 1.90 bits per heavy atom. The largest absolute Gasteiger partial charge is 0.497 e. The van der Waals surface area contributed by atoms with Gasteiger partial charge in [-0.05, 0) is 55.0 Å². The summed E-state index contributed by atoms with van der Waals surface area (Å²) in [4.78, 5) is 28.9. The Hall–Kier alpha value is -3.93. The minimum Gasteiger partial charge on any atom is -0.497 e. The van der Waals surface area contributed by atoms with Crippen LogP contribution in [0, 0.1) is 6.92 Å². The summed E-state index contributed by atoms with van der Waals surface area (Å²) in [6, 6.07) is 13.7. The highest BCUT2D eigenvalue weighted by atomic mass is 16.5. The number of fused-ring (bicyclic) bond motifs is 1. The van der Waals surface area contributed by atoms with Crippen molar-refractivity contribution in [1.29, 1.82) is 0 Å². The fourth-order valence-electron chi connectivity index (χ4n) is 3.01. The minimum atomic E-state index is -0.507. The number of carbonyl (C=O) groups is 2. The first kappa shape index (κ1) is 18.4. The summed E-state index contributed by atoms with van der Waals surface area (Å²) in [5.74, 6) is 0.882. The molecule has 0 fully saturated rings. The molecular weight excluding hydrogens is 370 g/mol. The first-order chi connectivity index (χ1) is 14.1. The highest BCUT2D eigenvalue weighted by Gasteiger charge is 2.30. The highest BCUT2D eigenvalue weighted by Crippen LogP contribution is 2.39. The lowest BCUT2D eigenvalue weighted by Crippen LogP contribution is -2.09. The van der Waals surface area contributed by atoms with Crippen LogP contribution in [0.2, 0.25) is 0 Å². The molecule has 1 aliphatic heterocycles. The van der Waals surface area contributed by atoms with Crippen LogP contribution in [-0.2, 0) is 0 Å². The van der Waals surface area contributed by atoms with Gasteiger partial charge in [0.15, 0.2) is 5.76 Å². The van der Waals surface area contributed by atoms with E-state index >= 15 is 0 Å². The monoisotopic (exact) mass is 387 g/mol. The molecule has 1 aromatic heterocycles. The second kappa shape index (κ2) is 7.59. The lowest BCUT2D eigenvalue weighted by atomic mass is 10.1. The standard InChI is InChI=1S/C23H17NO5/c1-14-19(29-23(26)16-8-10-24-11-9-16)7-6-18-21(25)20(28-22(14)18)13-15-4-3-5-17(12-15)27-2/h3-13H,1-2H3/b20-13-. The Morgan fingerprint density at radius 1 is 1.10 bits per heavy atom. The van der Waals surface area contributed by atoms with Gasteiger partial charge in [-0.3, -0.25) is 9.78 Å². The summed E-state index contributed by atoms with van der Waals surface area (Å²) in [5, 5.41) is 0. The Balaban J connectivity index is 1.61. The number of ketones is 1. The number of nitrogens with zero attached hydrogens (tertiary/aromatic N) is 1. The molecule has 2 aromatic carbocycles. The van der Waals surface area contributed by atoms with Gasteiger partial charge in [-0.1, -0.05) is 12.1 Å². The van der Waals surface area contributed by atoms with Crippen LogP contribution < -0.4 is 14.2 Å². The van der Waals surface area contributed by atoms with Crippen LogP contribution in [0.3, 0.4) is 0 Å². The van der Waals surface area contributed by atoms with Crippen LogP contribution >= 0.6 is 0 Å². The molecule has 0 aliphatic carbocycles. The number of pyridine rings is 1. The van der Waals surface area contributed by atoms with Gasteiger partial charge in [0.2, 0.25) is 5.78 Å². The molecule has 0 unspecified atom stereocenters.